The van der Waals surface area contributed by atoms with Gasteiger partial charge in [-0.15, -0.1) is 0 Å². The number of aliphatic imine (C=N–C) groups is 1. The number of carbonyl (C=O) groups excluding carboxylic acids is 1. The monoisotopic (exact) mass is 440 g/mol. The Morgan fingerprint density at radius 1 is 0.774 bits per heavy atom. The van der Waals surface area contributed by atoms with Gasteiger partial charge >= 0.3 is 5.97 Å². The van der Waals surface area contributed by atoms with E-state index in [4.69, 9.17) is 11.5 Å². The number of nitrogens with zero attached hydrogens (tertiary/aromatic N) is 1. The molecule has 0 heterocycles. The molecule has 1 unspecified atom stereocenters. The van der Waals surface area contributed by atoms with E-state index in [-0.39, 0.29) is 11.9 Å². The number of nitrogens with one attached hydrogen (secondary N) is 1. The Morgan fingerprint density at radius 2 is 1.26 bits per heavy atom. The number of guanidine groups is 1. The van der Waals surface area contributed by atoms with Crippen LogP contribution in [0.4, 0.5) is 0 Å². The number of hydrogen-bond acceptors (Lipinski definition) is 3. The number of carboxylic acids is 1. The van der Waals surface area contributed by atoms with Gasteiger partial charge in [-0.3, -0.25) is 9.79 Å². The van der Waals surface area contributed by atoms with Crippen LogP contribution in [0.25, 0.3) is 0 Å². The number of rotatable bonds is 21. The average molecular weight is 441 g/mol. The molecule has 0 rings (SSSR count). The van der Waals surface area contributed by atoms with Gasteiger partial charge in [0.25, 0.3) is 0 Å². The van der Waals surface area contributed by atoms with E-state index in [9.17, 15) is 14.7 Å². The number of amides is 1. The molecule has 0 aliphatic rings. The maximum Gasteiger partial charge on any atom is 0.326 e. The fraction of sp³-hybridized carbons (Fsp3) is 0.875. The third kappa shape index (κ3) is 21.2. The first-order valence-corrected chi connectivity index (χ1v) is 12.4. The van der Waals surface area contributed by atoms with Gasteiger partial charge in [-0.25, -0.2) is 4.79 Å². The minimum Gasteiger partial charge on any atom is -0.480 e. The summed E-state index contributed by atoms with van der Waals surface area (Å²) in [5.41, 5.74) is 10.5. The van der Waals surface area contributed by atoms with Crippen LogP contribution in [0.15, 0.2) is 4.99 Å². The fourth-order valence-electron chi connectivity index (χ4n) is 3.63. The molecule has 182 valence electrons. The lowest BCUT2D eigenvalue weighted by Gasteiger charge is -2.14. The zero-order valence-electron chi connectivity index (χ0n) is 20.0. The first kappa shape index (κ1) is 29.2. The zero-order chi connectivity index (χ0) is 23.3. The maximum absolute atomic E-state index is 12.0. The second-order valence-electron chi connectivity index (χ2n) is 9.08. The number of carbonyl (C=O) groups is 2. The van der Waals surface area contributed by atoms with Crippen molar-refractivity contribution in [2.75, 3.05) is 6.54 Å². The van der Waals surface area contributed by atoms with Crippen molar-refractivity contribution in [1.29, 1.82) is 0 Å². The number of carboxylic acid groups (broad SMARTS) is 1. The summed E-state index contributed by atoms with van der Waals surface area (Å²) in [7, 11) is 0. The summed E-state index contributed by atoms with van der Waals surface area (Å²) in [5, 5.41) is 11.8. The summed E-state index contributed by atoms with van der Waals surface area (Å²) in [6.45, 7) is 4.95. The summed E-state index contributed by atoms with van der Waals surface area (Å²) in [5.74, 6) is -0.386. The summed E-state index contributed by atoms with van der Waals surface area (Å²) < 4.78 is 0. The second-order valence-corrected chi connectivity index (χ2v) is 9.08. The van der Waals surface area contributed by atoms with Crippen LogP contribution in [0.2, 0.25) is 0 Å². The van der Waals surface area contributed by atoms with Gasteiger partial charge in [0.15, 0.2) is 5.96 Å². The van der Waals surface area contributed by atoms with E-state index >= 15 is 0 Å². The Hall–Kier alpha value is -1.79. The topological polar surface area (TPSA) is 131 Å². The van der Waals surface area contributed by atoms with Crippen molar-refractivity contribution in [2.45, 2.75) is 123 Å². The summed E-state index contributed by atoms with van der Waals surface area (Å²) in [6.07, 6.45) is 17.6. The summed E-state index contributed by atoms with van der Waals surface area (Å²) >= 11 is 0. The first-order valence-electron chi connectivity index (χ1n) is 12.4. The van der Waals surface area contributed by atoms with Crippen LogP contribution in [0.1, 0.15) is 117 Å². The molecular weight excluding hydrogens is 392 g/mol. The minimum absolute atomic E-state index is 0.0107. The van der Waals surface area contributed by atoms with E-state index in [1.165, 1.54) is 64.2 Å². The van der Waals surface area contributed by atoms with Crippen LogP contribution in [0.5, 0.6) is 0 Å². The van der Waals surface area contributed by atoms with Crippen molar-refractivity contribution < 1.29 is 14.7 Å². The van der Waals surface area contributed by atoms with E-state index in [0.717, 1.165) is 25.2 Å². The molecule has 0 bridgehead atoms. The Kier molecular flexibility index (Phi) is 19.0. The Bertz CT molecular complexity index is 491. The van der Waals surface area contributed by atoms with Crippen LogP contribution in [-0.2, 0) is 9.59 Å². The quantitative estimate of drug-likeness (QED) is 0.116. The van der Waals surface area contributed by atoms with Crippen molar-refractivity contribution in [2.24, 2.45) is 22.4 Å². The Morgan fingerprint density at radius 3 is 1.71 bits per heavy atom. The summed E-state index contributed by atoms with van der Waals surface area (Å²) in [4.78, 5) is 27.1. The van der Waals surface area contributed by atoms with E-state index in [1.54, 1.807) is 0 Å². The molecule has 1 atom stereocenters. The number of nitrogens with two attached hydrogens (primary N) is 2. The molecule has 1 amide bonds. The molecule has 6 N–H and O–H groups in total. The van der Waals surface area contributed by atoms with Gasteiger partial charge in [0, 0.05) is 13.0 Å². The molecule has 0 radical (unpaired) electrons. The van der Waals surface area contributed by atoms with Crippen molar-refractivity contribution >= 4 is 17.8 Å². The predicted octanol–water partition coefficient (Wildman–Crippen LogP) is 4.73. The second kappa shape index (κ2) is 20.1. The smallest absolute Gasteiger partial charge is 0.326 e. The lowest BCUT2D eigenvalue weighted by molar-refractivity contribution is -0.142. The molecule has 0 spiro atoms. The molecule has 31 heavy (non-hydrogen) atoms. The largest absolute Gasteiger partial charge is 0.480 e. The highest BCUT2D eigenvalue weighted by Crippen LogP contribution is 2.14. The van der Waals surface area contributed by atoms with Crippen LogP contribution in [-0.4, -0.2) is 35.5 Å². The Balaban J connectivity index is 3.55. The van der Waals surface area contributed by atoms with E-state index in [0.29, 0.717) is 25.8 Å². The van der Waals surface area contributed by atoms with Gasteiger partial charge in [-0.1, -0.05) is 90.9 Å². The molecule has 0 aromatic rings. The molecule has 0 aromatic carbocycles. The van der Waals surface area contributed by atoms with Crippen molar-refractivity contribution in [3.8, 4) is 0 Å². The molecule has 0 saturated carbocycles. The van der Waals surface area contributed by atoms with Crippen molar-refractivity contribution in [1.82, 2.24) is 5.32 Å². The van der Waals surface area contributed by atoms with Crippen LogP contribution >= 0.6 is 0 Å². The molecule has 0 aromatic heterocycles. The molecule has 0 aliphatic heterocycles. The molecule has 7 nitrogen and oxygen atoms in total. The van der Waals surface area contributed by atoms with Gasteiger partial charge < -0.3 is 21.9 Å². The lowest BCUT2D eigenvalue weighted by atomic mass is 10.0. The highest BCUT2D eigenvalue weighted by atomic mass is 16.4. The standard InChI is InChI=1S/C24H48N4O3/c1-20(2)16-13-11-9-7-5-3-4-6-8-10-12-14-18-22(29)28-21(23(30)31)17-15-19-27-24(25)26/h20-21H,3-19H2,1-2H3,(H,28,29)(H,30,31)(H4,25,26,27). The van der Waals surface area contributed by atoms with Crippen LogP contribution < -0.4 is 16.8 Å². The maximum atomic E-state index is 12.0. The first-order chi connectivity index (χ1) is 14.8. The molecule has 0 aliphatic carbocycles. The number of unbranched alkanes of at least 4 members (excludes halogenated alkanes) is 11. The normalized spacial score (nSPS) is 12.0. The van der Waals surface area contributed by atoms with Crippen LogP contribution in [0.3, 0.4) is 0 Å². The molecule has 0 fully saturated rings. The Labute approximate surface area is 189 Å². The minimum atomic E-state index is -1.02. The van der Waals surface area contributed by atoms with Gasteiger partial charge in [0.1, 0.15) is 6.04 Å². The number of aliphatic carboxylic acids is 1. The van der Waals surface area contributed by atoms with Gasteiger partial charge in [0.05, 0.1) is 0 Å². The SMILES string of the molecule is CC(C)CCCCCCCCCCCCCCC(=O)NC(CCCN=C(N)N)C(=O)O. The lowest BCUT2D eigenvalue weighted by Crippen LogP contribution is -2.40. The molecule has 0 saturated heterocycles. The summed E-state index contributed by atoms with van der Waals surface area (Å²) in [6, 6.07) is -0.878. The molecular formula is C24H48N4O3. The van der Waals surface area contributed by atoms with E-state index in [2.05, 4.69) is 24.2 Å². The zero-order valence-corrected chi connectivity index (χ0v) is 20.0. The highest BCUT2D eigenvalue weighted by molar-refractivity contribution is 5.83. The third-order valence-electron chi connectivity index (χ3n) is 5.51. The fourth-order valence-corrected chi connectivity index (χ4v) is 3.63. The predicted molar refractivity (Wildman–Crippen MR) is 129 cm³/mol. The number of hydrogen-bond donors (Lipinski definition) is 4. The van der Waals surface area contributed by atoms with Gasteiger partial charge in [-0.2, -0.15) is 0 Å². The van der Waals surface area contributed by atoms with Crippen molar-refractivity contribution in [3.63, 3.8) is 0 Å². The van der Waals surface area contributed by atoms with Gasteiger partial charge in [-0.05, 0) is 25.2 Å². The van der Waals surface area contributed by atoms with E-state index < -0.39 is 12.0 Å². The average Bonchev–Trinajstić information content (AvgIpc) is 2.69. The van der Waals surface area contributed by atoms with Gasteiger partial charge in [0.2, 0.25) is 5.91 Å². The van der Waals surface area contributed by atoms with E-state index in [1.807, 2.05) is 0 Å². The third-order valence-corrected chi connectivity index (χ3v) is 5.51. The van der Waals surface area contributed by atoms with Crippen LogP contribution in [0, 0.1) is 5.92 Å². The van der Waals surface area contributed by atoms with Crippen molar-refractivity contribution in [3.05, 3.63) is 0 Å². The molecule has 7 heteroatoms. The highest BCUT2D eigenvalue weighted by Gasteiger charge is 2.18.